The molecule has 2 heterocycles. The van der Waals surface area contributed by atoms with Crippen LogP contribution in [0.15, 0.2) is 59.1 Å². The SMILES string of the molecule is Nc1cnc(-c2ccc(Nc3nc4ccccc4o3)cc2)nc1N. The lowest BCUT2D eigenvalue weighted by atomic mass is 10.2. The summed E-state index contributed by atoms with van der Waals surface area (Å²) in [6.07, 6.45) is 1.50. The van der Waals surface area contributed by atoms with Crippen molar-refractivity contribution >= 4 is 34.3 Å². The van der Waals surface area contributed by atoms with E-state index in [0.717, 1.165) is 22.4 Å². The van der Waals surface area contributed by atoms with Gasteiger partial charge in [-0.15, -0.1) is 0 Å². The third-order valence-electron chi connectivity index (χ3n) is 3.54. The van der Waals surface area contributed by atoms with Crippen LogP contribution in [0.4, 0.5) is 23.2 Å². The van der Waals surface area contributed by atoms with Gasteiger partial charge in [0.2, 0.25) is 0 Å². The summed E-state index contributed by atoms with van der Waals surface area (Å²) < 4.78 is 5.64. The summed E-state index contributed by atoms with van der Waals surface area (Å²) in [7, 11) is 0. The molecule has 0 spiro atoms. The third kappa shape index (κ3) is 2.58. The molecule has 24 heavy (non-hydrogen) atoms. The van der Waals surface area contributed by atoms with E-state index in [2.05, 4.69) is 20.3 Å². The van der Waals surface area contributed by atoms with Gasteiger partial charge >= 0.3 is 0 Å². The van der Waals surface area contributed by atoms with Crippen LogP contribution in [0, 0.1) is 0 Å². The van der Waals surface area contributed by atoms with Crippen molar-refractivity contribution in [3.63, 3.8) is 0 Å². The summed E-state index contributed by atoms with van der Waals surface area (Å²) in [5.41, 5.74) is 14.9. The maximum Gasteiger partial charge on any atom is 0.300 e. The number of nitrogens with two attached hydrogens (primary N) is 2. The van der Waals surface area contributed by atoms with Gasteiger partial charge in [0.15, 0.2) is 17.2 Å². The molecule has 5 N–H and O–H groups in total. The quantitative estimate of drug-likeness (QED) is 0.531. The largest absolute Gasteiger partial charge is 0.423 e. The lowest BCUT2D eigenvalue weighted by Crippen LogP contribution is -2.01. The molecule has 0 atom stereocenters. The molecule has 0 aliphatic heterocycles. The van der Waals surface area contributed by atoms with Crippen molar-refractivity contribution < 1.29 is 4.42 Å². The predicted molar refractivity (Wildman–Crippen MR) is 93.6 cm³/mol. The van der Waals surface area contributed by atoms with E-state index in [1.54, 1.807) is 0 Å². The monoisotopic (exact) mass is 318 g/mol. The number of hydrogen-bond donors (Lipinski definition) is 3. The molecule has 0 unspecified atom stereocenters. The average molecular weight is 318 g/mol. The van der Waals surface area contributed by atoms with Crippen molar-refractivity contribution in [2.24, 2.45) is 0 Å². The highest BCUT2D eigenvalue weighted by Crippen LogP contribution is 2.24. The maximum atomic E-state index is 5.72. The zero-order valence-electron chi connectivity index (χ0n) is 12.6. The van der Waals surface area contributed by atoms with E-state index in [1.807, 2.05) is 48.5 Å². The average Bonchev–Trinajstić information content (AvgIpc) is 3.00. The van der Waals surface area contributed by atoms with Gasteiger partial charge in [0, 0.05) is 11.3 Å². The minimum absolute atomic E-state index is 0.272. The summed E-state index contributed by atoms with van der Waals surface area (Å²) in [5, 5.41) is 3.13. The molecule has 0 fully saturated rings. The molecule has 0 saturated carbocycles. The number of aromatic nitrogens is 3. The minimum Gasteiger partial charge on any atom is -0.423 e. The van der Waals surface area contributed by atoms with Gasteiger partial charge in [0.25, 0.3) is 6.01 Å². The van der Waals surface area contributed by atoms with Gasteiger partial charge in [-0.1, -0.05) is 12.1 Å². The summed E-state index contributed by atoms with van der Waals surface area (Å²) in [5.74, 6) is 0.795. The highest BCUT2D eigenvalue weighted by molar-refractivity contribution is 5.75. The lowest BCUT2D eigenvalue weighted by Gasteiger charge is -2.05. The van der Waals surface area contributed by atoms with E-state index in [0.29, 0.717) is 17.5 Å². The molecule has 0 bridgehead atoms. The number of oxazole rings is 1. The minimum atomic E-state index is 0.272. The second-order valence-electron chi connectivity index (χ2n) is 5.22. The zero-order valence-corrected chi connectivity index (χ0v) is 12.6. The van der Waals surface area contributed by atoms with Crippen LogP contribution in [-0.2, 0) is 0 Å². The first-order chi connectivity index (χ1) is 11.7. The molecule has 118 valence electrons. The number of nitrogen functional groups attached to an aromatic ring is 2. The molecular formula is C17H14N6O. The van der Waals surface area contributed by atoms with Gasteiger partial charge in [-0.25, -0.2) is 9.97 Å². The molecule has 0 aliphatic carbocycles. The fourth-order valence-electron chi connectivity index (χ4n) is 2.30. The predicted octanol–water partition coefficient (Wildman–Crippen LogP) is 3.19. The Morgan fingerprint density at radius 3 is 2.46 bits per heavy atom. The van der Waals surface area contributed by atoms with Crippen LogP contribution < -0.4 is 16.8 Å². The van der Waals surface area contributed by atoms with Crippen LogP contribution in [0.1, 0.15) is 0 Å². The normalized spacial score (nSPS) is 10.8. The first-order valence-electron chi connectivity index (χ1n) is 7.30. The van der Waals surface area contributed by atoms with Crippen LogP contribution >= 0.6 is 0 Å². The molecule has 4 rings (SSSR count). The van der Waals surface area contributed by atoms with Crippen molar-refractivity contribution in [1.29, 1.82) is 0 Å². The van der Waals surface area contributed by atoms with Gasteiger partial charge in [-0.2, -0.15) is 4.98 Å². The van der Waals surface area contributed by atoms with Crippen LogP contribution in [0.3, 0.4) is 0 Å². The first-order valence-corrected chi connectivity index (χ1v) is 7.30. The molecule has 2 aromatic heterocycles. The first kappa shape index (κ1) is 14.0. The van der Waals surface area contributed by atoms with E-state index in [9.17, 15) is 0 Å². The van der Waals surface area contributed by atoms with Crippen molar-refractivity contribution in [3.8, 4) is 11.4 Å². The fraction of sp³-hybridized carbons (Fsp3) is 0. The molecule has 0 amide bonds. The smallest absolute Gasteiger partial charge is 0.300 e. The van der Waals surface area contributed by atoms with Crippen LogP contribution in [0.5, 0.6) is 0 Å². The lowest BCUT2D eigenvalue weighted by molar-refractivity contribution is 0.623. The third-order valence-corrected chi connectivity index (χ3v) is 3.54. The van der Waals surface area contributed by atoms with Crippen LogP contribution in [-0.4, -0.2) is 15.0 Å². The Bertz CT molecular complexity index is 976. The fourth-order valence-corrected chi connectivity index (χ4v) is 2.30. The highest BCUT2D eigenvalue weighted by Gasteiger charge is 2.07. The number of nitrogens with zero attached hydrogens (tertiary/aromatic N) is 3. The Morgan fingerprint density at radius 2 is 1.71 bits per heavy atom. The summed E-state index contributed by atoms with van der Waals surface area (Å²) in [6, 6.07) is 15.6. The standard InChI is InChI=1S/C17H14N6O/c18-12-9-20-16(23-15(12)19)10-5-7-11(8-6-10)21-17-22-13-3-1-2-4-14(13)24-17/h1-9H,18H2,(H,21,22)(H2,19,20,23). The molecule has 4 aromatic rings. The van der Waals surface area contributed by atoms with E-state index in [1.165, 1.54) is 6.20 Å². The van der Waals surface area contributed by atoms with E-state index >= 15 is 0 Å². The topological polar surface area (TPSA) is 116 Å². The molecule has 7 heteroatoms. The summed E-state index contributed by atoms with van der Waals surface area (Å²) in [6.45, 7) is 0. The second kappa shape index (κ2) is 5.54. The van der Waals surface area contributed by atoms with Crippen molar-refractivity contribution in [1.82, 2.24) is 15.0 Å². The molecular weight excluding hydrogens is 304 g/mol. The van der Waals surface area contributed by atoms with Gasteiger partial charge in [0.05, 0.1) is 11.9 Å². The zero-order chi connectivity index (χ0) is 16.5. The Labute approximate surface area is 137 Å². The number of benzene rings is 2. The van der Waals surface area contributed by atoms with E-state index < -0.39 is 0 Å². The Balaban J connectivity index is 1.58. The van der Waals surface area contributed by atoms with Crippen LogP contribution in [0.2, 0.25) is 0 Å². The number of anilines is 4. The number of fused-ring (bicyclic) bond motifs is 1. The molecule has 0 saturated heterocycles. The second-order valence-corrected chi connectivity index (χ2v) is 5.22. The van der Waals surface area contributed by atoms with Gasteiger partial charge in [0.1, 0.15) is 5.52 Å². The summed E-state index contributed by atoms with van der Waals surface area (Å²) >= 11 is 0. The molecule has 2 aromatic carbocycles. The number of para-hydroxylation sites is 2. The van der Waals surface area contributed by atoms with Gasteiger partial charge < -0.3 is 21.2 Å². The number of hydrogen-bond acceptors (Lipinski definition) is 7. The maximum absolute atomic E-state index is 5.72. The molecule has 0 aliphatic rings. The summed E-state index contributed by atoms with van der Waals surface area (Å²) in [4.78, 5) is 12.7. The van der Waals surface area contributed by atoms with Gasteiger partial charge in [-0.3, -0.25) is 0 Å². The van der Waals surface area contributed by atoms with E-state index in [-0.39, 0.29) is 5.82 Å². The van der Waals surface area contributed by atoms with Crippen molar-refractivity contribution in [2.75, 3.05) is 16.8 Å². The van der Waals surface area contributed by atoms with Crippen molar-refractivity contribution in [3.05, 3.63) is 54.7 Å². The van der Waals surface area contributed by atoms with Gasteiger partial charge in [-0.05, 0) is 36.4 Å². The van der Waals surface area contributed by atoms with Crippen molar-refractivity contribution in [2.45, 2.75) is 0 Å². The molecule has 7 nitrogen and oxygen atoms in total. The highest BCUT2D eigenvalue weighted by atomic mass is 16.4. The van der Waals surface area contributed by atoms with Crippen LogP contribution in [0.25, 0.3) is 22.5 Å². The Hall–Kier alpha value is -3.61. The Kier molecular flexibility index (Phi) is 3.24. The van der Waals surface area contributed by atoms with E-state index in [4.69, 9.17) is 15.9 Å². The number of rotatable bonds is 3. The Morgan fingerprint density at radius 1 is 0.917 bits per heavy atom. The number of nitrogens with one attached hydrogen (secondary N) is 1. The molecule has 0 radical (unpaired) electrons.